The molecule has 2 heterocycles. The Hall–Kier alpha value is -2.53. The standard InChI is InChI=1S/C20H21N3OS/c1-14(22-15(2)24)6-7-16-8-10-17(11-9-16)19-13-25-20(23-19)18-5-3-4-12-21-18/h3-5,8-14H,6-7H2,1-2H3,(H,22,24)/t14-/m0/s1. The van der Waals surface area contributed by atoms with Crippen molar-refractivity contribution in [3.05, 3.63) is 59.6 Å². The number of thiazole rings is 1. The van der Waals surface area contributed by atoms with E-state index in [0.29, 0.717) is 0 Å². The Morgan fingerprint density at radius 3 is 2.64 bits per heavy atom. The first-order chi connectivity index (χ1) is 12.1. The summed E-state index contributed by atoms with van der Waals surface area (Å²) in [5.74, 6) is 0.0232. The van der Waals surface area contributed by atoms with E-state index in [1.54, 1.807) is 24.5 Å². The number of nitrogens with zero attached hydrogens (tertiary/aromatic N) is 2. The summed E-state index contributed by atoms with van der Waals surface area (Å²) in [4.78, 5) is 20.1. The van der Waals surface area contributed by atoms with Gasteiger partial charge in [0.2, 0.25) is 5.91 Å². The van der Waals surface area contributed by atoms with Gasteiger partial charge in [-0.3, -0.25) is 9.78 Å². The number of benzene rings is 1. The Kier molecular flexibility index (Phi) is 5.56. The summed E-state index contributed by atoms with van der Waals surface area (Å²) in [6.07, 6.45) is 3.66. The van der Waals surface area contributed by atoms with Crippen LogP contribution in [0.2, 0.25) is 0 Å². The molecule has 3 aromatic rings. The smallest absolute Gasteiger partial charge is 0.217 e. The second-order valence-corrected chi connectivity index (χ2v) is 6.95. The number of aromatic nitrogens is 2. The molecule has 25 heavy (non-hydrogen) atoms. The molecular formula is C20H21N3OS. The molecule has 1 amide bonds. The fourth-order valence-electron chi connectivity index (χ4n) is 2.66. The number of aryl methyl sites for hydroxylation is 1. The first-order valence-corrected chi connectivity index (χ1v) is 9.23. The maximum Gasteiger partial charge on any atom is 0.217 e. The van der Waals surface area contributed by atoms with Gasteiger partial charge in [-0.05, 0) is 37.5 Å². The Morgan fingerprint density at radius 1 is 1.16 bits per heavy atom. The zero-order valence-corrected chi connectivity index (χ0v) is 15.2. The molecule has 0 radical (unpaired) electrons. The molecule has 1 N–H and O–H groups in total. The van der Waals surface area contributed by atoms with Crippen molar-refractivity contribution in [1.29, 1.82) is 0 Å². The molecule has 1 atom stereocenters. The van der Waals surface area contributed by atoms with Crippen molar-refractivity contribution in [3.63, 3.8) is 0 Å². The van der Waals surface area contributed by atoms with Gasteiger partial charge >= 0.3 is 0 Å². The van der Waals surface area contributed by atoms with E-state index < -0.39 is 0 Å². The van der Waals surface area contributed by atoms with Crippen molar-refractivity contribution >= 4 is 17.2 Å². The number of amides is 1. The fourth-order valence-corrected chi connectivity index (χ4v) is 3.46. The summed E-state index contributed by atoms with van der Waals surface area (Å²) in [6.45, 7) is 3.59. The van der Waals surface area contributed by atoms with Crippen LogP contribution in [-0.4, -0.2) is 21.9 Å². The van der Waals surface area contributed by atoms with Gasteiger partial charge in [0.15, 0.2) is 0 Å². The fraction of sp³-hybridized carbons (Fsp3) is 0.250. The minimum Gasteiger partial charge on any atom is -0.354 e. The third-order valence-corrected chi connectivity index (χ3v) is 4.82. The Labute approximate surface area is 152 Å². The second kappa shape index (κ2) is 8.03. The molecular weight excluding hydrogens is 330 g/mol. The van der Waals surface area contributed by atoms with Crippen LogP contribution in [0.1, 0.15) is 25.8 Å². The van der Waals surface area contributed by atoms with Crippen LogP contribution >= 0.6 is 11.3 Å². The zero-order chi connectivity index (χ0) is 17.6. The third-order valence-electron chi connectivity index (χ3n) is 3.95. The highest BCUT2D eigenvalue weighted by atomic mass is 32.1. The van der Waals surface area contributed by atoms with Crippen molar-refractivity contribution in [2.45, 2.75) is 32.7 Å². The highest BCUT2D eigenvalue weighted by Crippen LogP contribution is 2.27. The van der Waals surface area contributed by atoms with Crippen molar-refractivity contribution in [2.24, 2.45) is 0 Å². The number of carbonyl (C=O) groups excluding carboxylic acids is 1. The summed E-state index contributed by atoms with van der Waals surface area (Å²) < 4.78 is 0. The van der Waals surface area contributed by atoms with Crippen LogP contribution in [0, 0.1) is 0 Å². The van der Waals surface area contributed by atoms with Crippen molar-refractivity contribution in [1.82, 2.24) is 15.3 Å². The molecule has 0 aliphatic heterocycles. The monoisotopic (exact) mass is 351 g/mol. The molecule has 0 saturated carbocycles. The molecule has 0 saturated heterocycles. The first kappa shape index (κ1) is 17.3. The summed E-state index contributed by atoms with van der Waals surface area (Å²) >= 11 is 1.61. The predicted molar refractivity (Wildman–Crippen MR) is 102 cm³/mol. The lowest BCUT2D eigenvalue weighted by Gasteiger charge is -2.12. The van der Waals surface area contributed by atoms with E-state index in [2.05, 4.69) is 39.9 Å². The van der Waals surface area contributed by atoms with Crippen molar-refractivity contribution in [3.8, 4) is 22.0 Å². The third kappa shape index (κ3) is 4.73. The lowest BCUT2D eigenvalue weighted by atomic mass is 10.0. The van der Waals surface area contributed by atoms with Gasteiger partial charge in [0.25, 0.3) is 0 Å². The molecule has 128 valence electrons. The van der Waals surface area contributed by atoms with Gasteiger partial charge in [0.05, 0.1) is 11.4 Å². The van der Waals surface area contributed by atoms with E-state index in [1.807, 2.05) is 25.1 Å². The topological polar surface area (TPSA) is 54.9 Å². The van der Waals surface area contributed by atoms with Gasteiger partial charge in [0.1, 0.15) is 5.01 Å². The highest BCUT2D eigenvalue weighted by Gasteiger charge is 2.08. The normalized spacial score (nSPS) is 11.9. The van der Waals surface area contributed by atoms with Gasteiger partial charge in [0, 0.05) is 30.1 Å². The summed E-state index contributed by atoms with van der Waals surface area (Å²) in [5, 5.41) is 5.92. The van der Waals surface area contributed by atoms with Gasteiger partial charge in [-0.25, -0.2) is 4.98 Å². The molecule has 5 heteroatoms. The minimum absolute atomic E-state index is 0.0232. The quantitative estimate of drug-likeness (QED) is 0.719. The second-order valence-electron chi connectivity index (χ2n) is 6.09. The molecule has 0 unspecified atom stereocenters. The number of hydrogen-bond donors (Lipinski definition) is 1. The zero-order valence-electron chi connectivity index (χ0n) is 14.4. The van der Waals surface area contributed by atoms with E-state index in [1.165, 1.54) is 5.56 Å². The average Bonchev–Trinajstić information content (AvgIpc) is 3.11. The average molecular weight is 351 g/mol. The summed E-state index contributed by atoms with van der Waals surface area (Å²) in [5.41, 5.74) is 4.25. The van der Waals surface area contributed by atoms with Crippen LogP contribution in [0.3, 0.4) is 0 Å². The molecule has 0 bridgehead atoms. The SMILES string of the molecule is CC(=O)N[C@@H](C)CCc1ccc(-c2csc(-c3ccccn3)n2)cc1. The lowest BCUT2D eigenvalue weighted by molar-refractivity contribution is -0.119. The Bertz CT molecular complexity index is 828. The molecule has 4 nitrogen and oxygen atoms in total. The van der Waals surface area contributed by atoms with Crippen molar-refractivity contribution < 1.29 is 4.79 Å². The van der Waals surface area contributed by atoms with E-state index in [0.717, 1.165) is 34.8 Å². The van der Waals surface area contributed by atoms with Gasteiger partial charge in [-0.2, -0.15) is 0 Å². The maximum atomic E-state index is 11.0. The van der Waals surface area contributed by atoms with Crippen LogP contribution in [0.15, 0.2) is 54.0 Å². The summed E-state index contributed by atoms with van der Waals surface area (Å²) in [6, 6.07) is 14.5. The van der Waals surface area contributed by atoms with Crippen LogP contribution in [0.25, 0.3) is 22.0 Å². The minimum atomic E-state index is 0.0232. The molecule has 3 rings (SSSR count). The Balaban J connectivity index is 1.65. The maximum absolute atomic E-state index is 11.0. The summed E-state index contributed by atoms with van der Waals surface area (Å²) in [7, 11) is 0. The largest absolute Gasteiger partial charge is 0.354 e. The van der Waals surface area contributed by atoms with E-state index >= 15 is 0 Å². The predicted octanol–water partition coefficient (Wildman–Crippen LogP) is 4.33. The van der Waals surface area contributed by atoms with Crippen molar-refractivity contribution in [2.75, 3.05) is 0 Å². The van der Waals surface area contributed by atoms with Crippen LogP contribution < -0.4 is 5.32 Å². The van der Waals surface area contributed by atoms with Gasteiger partial charge in [-0.1, -0.05) is 30.3 Å². The molecule has 1 aromatic carbocycles. The Morgan fingerprint density at radius 2 is 1.96 bits per heavy atom. The number of pyridine rings is 1. The lowest BCUT2D eigenvalue weighted by Crippen LogP contribution is -2.30. The molecule has 2 aromatic heterocycles. The first-order valence-electron chi connectivity index (χ1n) is 8.35. The van der Waals surface area contributed by atoms with E-state index in [9.17, 15) is 4.79 Å². The van der Waals surface area contributed by atoms with E-state index in [-0.39, 0.29) is 11.9 Å². The van der Waals surface area contributed by atoms with Crippen LogP contribution in [0.5, 0.6) is 0 Å². The number of rotatable bonds is 6. The molecule has 0 spiro atoms. The van der Waals surface area contributed by atoms with Crippen LogP contribution in [-0.2, 0) is 11.2 Å². The number of carbonyl (C=O) groups is 1. The number of nitrogens with one attached hydrogen (secondary N) is 1. The molecule has 0 aliphatic rings. The van der Waals surface area contributed by atoms with Gasteiger partial charge < -0.3 is 5.32 Å². The van der Waals surface area contributed by atoms with E-state index in [4.69, 9.17) is 4.98 Å². The molecule has 0 fully saturated rings. The van der Waals surface area contributed by atoms with Gasteiger partial charge in [-0.15, -0.1) is 11.3 Å². The van der Waals surface area contributed by atoms with Crippen LogP contribution in [0.4, 0.5) is 0 Å². The number of hydrogen-bond acceptors (Lipinski definition) is 4. The molecule has 0 aliphatic carbocycles. The highest BCUT2D eigenvalue weighted by molar-refractivity contribution is 7.13.